The van der Waals surface area contributed by atoms with E-state index < -0.39 is 0 Å². The van der Waals surface area contributed by atoms with E-state index in [4.69, 9.17) is 0 Å². The van der Waals surface area contributed by atoms with Crippen molar-refractivity contribution in [2.24, 2.45) is 0 Å². The average molecular weight is 261 g/mol. The van der Waals surface area contributed by atoms with Crippen LogP contribution in [0.25, 0.3) is 22.2 Å². The highest BCUT2D eigenvalue weighted by Crippen LogP contribution is 2.33. The third-order valence-corrected chi connectivity index (χ3v) is 3.95. The molecule has 0 aliphatic heterocycles. The molecular formula is C16H17B2NO. The molecule has 0 amide bonds. The molecule has 0 aliphatic carbocycles. The zero-order valence-electron chi connectivity index (χ0n) is 12.1. The first-order valence-corrected chi connectivity index (χ1v) is 7.01. The van der Waals surface area contributed by atoms with Gasteiger partial charge in [0.15, 0.2) is 7.28 Å². The maximum Gasteiger partial charge on any atom is 0.154 e. The third-order valence-electron chi connectivity index (χ3n) is 3.95. The minimum Gasteiger partial charge on any atom is -0.507 e. The van der Waals surface area contributed by atoms with E-state index in [1.165, 1.54) is 16.4 Å². The Bertz CT molecular complexity index is 793. The number of phenols is 1. The zero-order chi connectivity index (χ0) is 14.3. The Morgan fingerprint density at radius 2 is 1.95 bits per heavy atom. The van der Waals surface area contributed by atoms with Gasteiger partial charge in [-0.1, -0.05) is 35.9 Å². The number of H-pyrrole nitrogens is 1. The molecule has 0 bridgehead atoms. The lowest BCUT2D eigenvalue weighted by molar-refractivity contribution is 0.477. The molecule has 0 radical (unpaired) electrons. The van der Waals surface area contributed by atoms with Crippen molar-refractivity contribution in [3.63, 3.8) is 0 Å². The number of aryl methyl sites for hydroxylation is 1. The fourth-order valence-corrected chi connectivity index (χ4v) is 2.72. The summed E-state index contributed by atoms with van der Waals surface area (Å²) in [5.41, 5.74) is 6.57. The highest BCUT2D eigenvalue weighted by molar-refractivity contribution is 6.52. The van der Waals surface area contributed by atoms with Gasteiger partial charge in [-0.15, -0.1) is 0 Å². The normalized spacial score (nSPS) is 10.9. The second-order valence-corrected chi connectivity index (χ2v) is 5.38. The van der Waals surface area contributed by atoms with E-state index in [-0.39, 0.29) is 0 Å². The smallest absolute Gasteiger partial charge is 0.154 e. The molecule has 0 fully saturated rings. The number of rotatable bonds is 2. The summed E-state index contributed by atoms with van der Waals surface area (Å²) < 4.78 is 0. The summed E-state index contributed by atoms with van der Waals surface area (Å²) in [6.45, 7) is 4.27. The van der Waals surface area contributed by atoms with Gasteiger partial charge in [0.2, 0.25) is 0 Å². The molecule has 3 aromatic rings. The van der Waals surface area contributed by atoms with Crippen molar-refractivity contribution >= 4 is 37.0 Å². The van der Waals surface area contributed by atoms with Crippen LogP contribution < -0.4 is 10.9 Å². The number of hydrogen-bond donors (Lipinski definition) is 2. The molecular weight excluding hydrogens is 244 g/mol. The van der Waals surface area contributed by atoms with Gasteiger partial charge in [0.25, 0.3) is 0 Å². The molecule has 0 spiro atoms. The van der Waals surface area contributed by atoms with Crippen LogP contribution in [0.4, 0.5) is 0 Å². The van der Waals surface area contributed by atoms with Crippen LogP contribution in [0.5, 0.6) is 5.75 Å². The Labute approximate surface area is 120 Å². The van der Waals surface area contributed by atoms with E-state index in [0.717, 1.165) is 29.5 Å². The van der Waals surface area contributed by atoms with Crippen LogP contribution in [0, 0.1) is 6.92 Å². The van der Waals surface area contributed by atoms with Crippen LogP contribution in [0.1, 0.15) is 5.56 Å². The quantitative estimate of drug-likeness (QED) is 0.668. The number of aromatic hydroxyl groups is 1. The van der Waals surface area contributed by atoms with E-state index in [2.05, 4.69) is 36.9 Å². The van der Waals surface area contributed by atoms with Gasteiger partial charge in [-0.2, -0.15) is 0 Å². The maximum absolute atomic E-state index is 10.2. The summed E-state index contributed by atoms with van der Waals surface area (Å²) in [6, 6.07) is 12.3. The number of benzene rings is 2. The first kappa shape index (κ1) is 12.9. The summed E-state index contributed by atoms with van der Waals surface area (Å²) in [5, 5.41) is 11.4. The molecule has 0 atom stereocenters. The molecule has 3 rings (SSSR count). The van der Waals surface area contributed by atoms with Gasteiger partial charge in [-0.25, -0.2) is 0 Å². The van der Waals surface area contributed by atoms with Crippen LogP contribution >= 0.6 is 0 Å². The largest absolute Gasteiger partial charge is 0.507 e. The number of aromatic amines is 1. The third kappa shape index (κ3) is 2.01. The molecule has 1 heterocycles. The number of aromatic nitrogens is 1. The fourth-order valence-electron chi connectivity index (χ4n) is 2.72. The van der Waals surface area contributed by atoms with Gasteiger partial charge < -0.3 is 10.1 Å². The molecule has 0 saturated carbocycles. The summed E-state index contributed by atoms with van der Waals surface area (Å²) in [4.78, 5) is 3.43. The van der Waals surface area contributed by atoms with E-state index in [0.29, 0.717) is 5.75 Å². The van der Waals surface area contributed by atoms with Gasteiger partial charge in [0, 0.05) is 16.5 Å². The van der Waals surface area contributed by atoms with Crippen molar-refractivity contribution in [1.29, 1.82) is 0 Å². The van der Waals surface area contributed by atoms with Gasteiger partial charge in [-0.05, 0) is 30.7 Å². The molecule has 2 N–H and O–H groups in total. The SMILES string of the molecule is Bc1ccc(-c2[nH]c3ccc(BC)cc3c2C)c(O)c1. The van der Waals surface area contributed by atoms with Crippen LogP contribution in [-0.4, -0.2) is 25.2 Å². The molecule has 0 saturated heterocycles. The molecule has 0 aliphatic rings. The highest BCUT2D eigenvalue weighted by Gasteiger charge is 2.13. The van der Waals surface area contributed by atoms with E-state index >= 15 is 0 Å². The standard InChI is InChI=1S/C16H17B2NO/c1-9-13-8-11(18-2)4-6-14(13)19-16(9)12-5-3-10(17)7-15(12)20/h3-8,18-20H,17H2,1-2H3. The van der Waals surface area contributed by atoms with Crippen molar-refractivity contribution in [1.82, 2.24) is 4.98 Å². The monoisotopic (exact) mass is 261 g/mol. The van der Waals surface area contributed by atoms with Crippen LogP contribution in [0.2, 0.25) is 6.82 Å². The predicted molar refractivity (Wildman–Crippen MR) is 91.0 cm³/mol. The lowest BCUT2D eigenvalue weighted by Gasteiger charge is -2.05. The minimum absolute atomic E-state index is 0.329. The fraction of sp³-hybridized carbons (Fsp3) is 0.125. The zero-order valence-corrected chi connectivity index (χ0v) is 12.1. The van der Waals surface area contributed by atoms with E-state index in [1.807, 2.05) is 20.0 Å². The van der Waals surface area contributed by atoms with Crippen LogP contribution in [0.15, 0.2) is 36.4 Å². The van der Waals surface area contributed by atoms with Crippen molar-refractivity contribution in [2.45, 2.75) is 13.7 Å². The maximum atomic E-state index is 10.2. The van der Waals surface area contributed by atoms with Crippen molar-refractivity contribution in [2.75, 3.05) is 0 Å². The van der Waals surface area contributed by atoms with Crippen LogP contribution in [-0.2, 0) is 0 Å². The predicted octanol–water partition coefficient (Wildman–Crippen LogP) is 1.22. The lowest BCUT2D eigenvalue weighted by atomic mass is 9.73. The number of nitrogens with one attached hydrogen (secondary N) is 1. The van der Waals surface area contributed by atoms with Crippen molar-refractivity contribution in [3.05, 3.63) is 42.0 Å². The molecule has 2 aromatic carbocycles. The summed E-state index contributed by atoms with van der Waals surface area (Å²) >= 11 is 0. The Morgan fingerprint density at radius 3 is 2.65 bits per heavy atom. The van der Waals surface area contributed by atoms with Gasteiger partial charge in [0.1, 0.15) is 13.6 Å². The topological polar surface area (TPSA) is 36.0 Å². The van der Waals surface area contributed by atoms with E-state index in [1.54, 1.807) is 6.07 Å². The molecule has 4 heteroatoms. The first-order chi connectivity index (χ1) is 9.60. The number of phenolic OH excluding ortho intramolecular Hbond substituents is 1. The molecule has 2 nitrogen and oxygen atoms in total. The van der Waals surface area contributed by atoms with Crippen molar-refractivity contribution in [3.8, 4) is 17.0 Å². The van der Waals surface area contributed by atoms with Gasteiger partial charge in [-0.3, -0.25) is 0 Å². The van der Waals surface area contributed by atoms with Gasteiger partial charge >= 0.3 is 0 Å². The minimum atomic E-state index is 0.329. The Morgan fingerprint density at radius 1 is 1.15 bits per heavy atom. The summed E-state index contributed by atoms with van der Waals surface area (Å²) in [5.74, 6) is 0.329. The Hall–Kier alpha value is -2.09. The second-order valence-electron chi connectivity index (χ2n) is 5.38. The Balaban J connectivity index is 2.24. The van der Waals surface area contributed by atoms with Gasteiger partial charge in [0.05, 0.1) is 5.69 Å². The molecule has 20 heavy (non-hydrogen) atoms. The Kier molecular flexibility index (Phi) is 3.09. The summed E-state index contributed by atoms with van der Waals surface area (Å²) in [7, 11) is 3.01. The number of fused-ring (bicyclic) bond motifs is 1. The summed E-state index contributed by atoms with van der Waals surface area (Å²) in [6.07, 6.45) is 0. The lowest BCUT2D eigenvalue weighted by Crippen LogP contribution is -2.08. The van der Waals surface area contributed by atoms with Crippen LogP contribution in [0.3, 0.4) is 0 Å². The number of hydrogen-bond acceptors (Lipinski definition) is 1. The highest BCUT2D eigenvalue weighted by atomic mass is 16.3. The molecule has 98 valence electrons. The molecule has 1 aromatic heterocycles. The van der Waals surface area contributed by atoms with E-state index in [9.17, 15) is 5.11 Å². The average Bonchev–Trinajstić information content (AvgIpc) is 2.76. The van der Waals surface area contributed by atoms with Crippen molar-refractivity contribution < 1.29 is 5.11 Å². The molecule has 0 unspecified atom stereocenters. The first-order valence-electron chi connectivity index (χ1n) is 7.01. The second kappa shape index (κ2) is 4.78.